The van der Waals surface area contributed by atoms with E-state index in [1.807, 2.05) is 4.72 Å². The summed E-state index contributed by atoms with van der Waals surface area (Å²) < 4.78 is 26.2. The van der Waals surface area contributed by atoms with Gasteiger partial charge in [-0.1, -0.05) is 11.8 Å². The summed E-state index contributed by atoms with van der Waals surface area (Å²) in [5, 5.41) is 0.0569. The van der Waals surface area contributed by atoms with Crippen molar-refractivity contribution >= 4 is 32.9 Å². The average molecular weight is 221 g/mol. The number of amides is 2. The van der Waals surface area contributed by atoms with E-state index in [9.17, 15) is 13.2 Å². The zero-order valence-electron chi connectivity index (χ0n) is 6.98. The summed E-state index contributed by atoms with van der Waals surface area (Å²) in [5.74, 6) is 0.780. The summed E-state index contributed by atoms with van der Waals surface area (Å²) in [4.78, 5) is 11.2. The molecule has 1 atom stereocenters. The Kier molecular flexibility index (Phi) is 1.88. The van der Waals surface area contributed by atoms with Crippen LogP contribution >= 0.6 is 11.8 Å². The van der Waals surface area contributed by atoms with Gasteiger partial charge in [0.2, 0.25) is 0 Å². The Morgan fingerprint density at radius 3 is 3.00 bits per heavy atom. The maximum atomic E-state index is 11.3. The molecule has 0 saturated heterocycles. The van der Waals surface area contributed by atoms with Crippen molar-refractivity contribution < 1.29 is 17.8 Å². The van der Waals surface area contributed by atoms with Crippen LogP contribution in [0.25, 0.3) is 0 Å². The first kappa shape index (κ1) is 9.01. The van der Waals surface area contributed by atoms with Crippen molar-refractivity contribution in [2.75, 3.05) is 12.3 Å². The first-order valence-corrected chi connectivity index (χ1v) is 6.38. The van der Waals surface area contributed by atoms with E-state index < -0.39 is 21.3 Å². The molecule has 0 aromatic rings. The molecule has 72 valence electrons. The fourth-order valence-electron chi connectivity index (χ4n) is 1.37. The van der Waals surface area contributed by atoms with Gasteiger partial charge in [-0.15, -0.1) is 4.72 Å². The van der Waals surface area contributed by atoms with Gasteiger partial charge in [-0.05, 0) is 6.92 Å². The predicted octanol–water partition coefficient (Wildman–Crippen LogP) is -0.414. The molecule has 2 aliphatic rings. The molecule has 1 N–H and O–H groups in total. The van der Waals surface area contributed by atoms with Crippen LogP contribution in [0.5, 0.6) is 0 Å². The smallest absolute Gasteiger partial charge is 0.196 e. The monoisotopic (exact) mass is 221 g/mol. The average Bonchev–Trinajstić information content (AvgIpc) is 2.47. The van der Waals surface area contributed by atoms with Crippen LogP contribution in [0.2, 0.25) is 0 Å². The third-order valence-electron chi connectivity index (χ3n) is 2.12. The zero-order valence-corrected chi connectivity index (χ0v) is 8.61. The highest BCUT2D eigenvalue weighted by molar-refractivity contribution is 8.15. The lowest BCUT2D eigenvalue weighted by atomic mass is 10.5. The van der Waals surface area contributed by atoms with Crippen LogP contribution in [0.3, 0.4) is 0 Å². The number of nitrogens with one attached hydrogen (secondary N) is 1. The summed E-state index contributed by atoms with van der Waals surface area (Å²) in [7, 11) is -3.46. The molecule has 13 heavy (non-hydrogen) atoms. The number of carbonyl (C=O) groups excluding carboxylic acids is 1. The third-order valence-corrected chi connectivity index (χ3v) is 5.14. The lowest BCUT2D eigenvalue weighted by Crippen LogP contribution is -2.51. The molecule has 0 saturated carbocycles. The van der Waals surface area contributed by atoms with Gasteiger partial charge in [-0.3, -0.25) is 0 Å². The van der Waals surface area contributed by atoms with Gasteiger partial charge >= 0.3 is 16.1 Å². The molecule has 0 radical (unpaired) electrons. The van der Waals surface area contributed by atoms with Gasteiger partial charge in [-0.2, -0.15) is 17.8 Å². The van der Waals surface area contributed by atoms with Crippen LogP contribution in [0.1, 0.15) is 6.92 Å². The third kappa shape index (κ3) is 1.26. The minimum absolute atomic E-state index is 0.516. The topological polar surface area (TPSA) is 66.2 Å². The molecular formula is C6H9N2O3S2+. The fourth-order valence-corrected chi connectivity index (χ4v) is 3.92. The molecule has 0 aromatic carbocycles. The number of sulfonamides is 1. The minimum Gasteiger partial charge on any atom is -0.196 e. The summed E-state index contributed by atoms with van der Waals surface area (Å²) >= 11 is 1.44. The summed E-state index contributed by atoms with van der Waals surface area (Å²) in [6.07, 6.45) is 0. The second kappa shape index (κ2) is 2.71. The van der Waals surface area contributed by atoms with E-state index in [4.69, 9.17) is 0 Å². The van der Waals surface area contributed by atoms with E-state index in [0.717, 1.165) is 5.75 Å². The Labute approximate surface area is 80.3 Å². The van der Waals surface area contributed by atoms with Gasteiger partial charge in [0.05, 0.1) is 0 Å². The quantitative estimate of drug-likeness (QED) is 0.564. The standard InChI is InChI=1S/C6H8N2O3S2/c1-4-5-8(2-3-12-5)6(9)7-13(4,10)11/h4H,2-3H2,1H3/p+1. The highest BCUT2D eigenvalue weighted by Gasteiger charge is 2.45. The SMILES string of the molecule is CC1C2=[N+](CCS2)C(=O)NS1(=O)=O. The lowest BCUT2D eigenvalue weighted by Gasteiger charge is -2.14. The fraction of sp³-hybridized carbons (Fsp3) is 0.667. The van der Waals surface area contributed by atoms with Crippen LogP contribution in [0, 0.1) is 0 Å². The molecule has 0 fully saturated rings. The molecule has 2 heterocycles. The Balaban J connectivity index is 2.53. The Hall–Kier alpha value is -0.560. The van der Waals surface area contributed by atoms with Crippen LogP contribution in [0.4, 0.5) is 4.79 Å². The van der Waals surface area contributed by atoms with E-state index in [0.29, 0.717) is 11.6 Å². The van der Waals surface area contributed by atoms with Gasteiger partial charge < -0.3 is 0 Å². The van der Waals surface area contributed by atoms with E-state index >= 15 is 0 Å². The molecule has 2 aliphatic heterocycles. The number of urea groups is 1. The first-order chi connectivity index (χ1) is 6.02. The number of rotatable bonds is 0. The molecule has 2 amide bonds. The second-order valence-electron chi connectivity index (χ2n) is 2.93. The molecule has 0 spiro atoms. The summed E-state index contributed by atoms with van der Waals surface area (Å²) in [6, 6.07) is -0.516. The van der Waals surface area contributed by atoms with E-state index in [1.54, 1.807) is 6.92 Å². The number of nitrogens with zero attached hydrogens (tertiary/aromatic N) is 1. The molecule has 0 bridgehead atoms. The zero-order chi connectivity index (χ0) is 9.64. The maximum Gasteiger partial charge on any atom is 0.507 e. The van der Waals surface area contributed by atoms with Gasteiger partial charge in [0.25, 0.3) is 0 Å². The molecular weight excluding hydrogens is 212 g/mol. The van der Waals surface area contributed by atoms with E-state index in [2.05, 4.69) is 0 Å². The first-order valence-electron chi connectivity index (χ1n) is 3.85. The number of hydrogen-bond donors (Lipinski definition) is 1. The van der Waals surface area contributed by atoms with Crippen LogP contribution < -0.4 is 4.72 Å². The Bertz CT molecular complexity index is 398. The van der Waals surface area contributed by atoms with Gasteiger partial charge in [0.1, 0.15) is 6.54 Å². The second-order valence-corrected chi connectivity index (χ2v) is 6.05. The van der Waals surface area contributed by atoms with Crippen LogP contribution in [-0.4, -0.2) is 41.6 Å². The number of hydrogen-bond acceptors (Lipinski definition) is 4. The highest BCUT2D eigenvalue weighted by Crippen LogP contribution is 2.21. The molecule has 5 nitrogen and oxygen atoms in total. The van der Waals surface area contributed by atoms with E-state index in [-0.39, 0.29) is 0 Å². The predicted molar refractivity (Wildman–Crippen MR) is 49.5 cm³/mol. The number of carbonyl (C=O) groups is 1. The lowest BCUT2D eigenvalue weighted by molar-refractivity contribution is -0.417. The van der Waals surface area contributed by atoms with Crippen molar-refractivity contribution in [1.29, 1.82) is 0 Å². The van der Waals surface area contributed by atoms with Crippen molar-refractivity contribution in [1.82, 2.24) is 4.72 Å². The Morgan fingerprint density at radius 1 is 1.62 bits per heavy atom. The van der Waals surface area contributed by atoms with Gasteiger partial charge in [0.15, 0.2) is 10.3 Å². The van der Waals surface area contributed by atoms with Gasteiger partial charge in [-0.25, -0.2) is 0 Å². The summed E-state index contributed by atoms with van der Waals surface area (Å²) in [5.41, 5.74) is 0. The molecule has 7 heteroatoms. The number of thioether (sulfide) groups is 1. The Morgan fingerprint density at radius 2 is 2.31 bits per heavy atom. The van der Waals surface area contributed by atoms with Crippen molar-refractivity contribution in [3.63, 3.8) is 0 Å². The van der Waals surface area contributed by atoms with E-state index in [1.165, 1.54) is 16.3 Å². The normalized spacial score (nSPS) is 31.5. The maximum absolute atomic E-state index is 11.3. The van der Waals surface area contributed by atoms with Gasteiger partial charge in [0, 0.05) is 5.75 Å². The molecule has 0 aromatic heterocycles. The minimum atomic E-state index is -3.46. The van der Waals surface area contributed by atoms with Crippen molar-refractivity contribution in [2.45, 2.75) is 12.2 Å². The van der Waals surface area contributed by atoms with Crippen molar-refractivity contribution in [3.8, 4) is 0 Å². The molecule has 1 unspecified atom stereocenters. The molecule has 2 rings (SSSR count). The molecule has 0 aliphatic carbocycles. The summed E-state index contributed by atoms with van der Waals surface area (Å²) in [6.45, 7) is 2.20. The van der Waals surface area contributed by atoms with Crippen molar-refractivity contribution in [3.05, 3.63) is 0 Å². The van der Waals surface area contributed by atoms with Crippen molar-refractivity contribution in [2.24, 2.45) is 0 Å². The largest absolute Gasteiger partial charge is 0.507 e. The highest BCUT2D eigenvalue weighted by atomic mass is 32.2. The van der Waals surface area contributed by atoms with Crippen LogP contribution in [-0.2, 0) is 10.0 Å². The van der Waals surface area contributed by atoms with Crippen LogP contribution in [0.15, 0.2) is 0 Å².